The van der Waals surface area contributed by atoms with Crippen molar-refractivity contribution in [2.45, 2.75) is 25.7 Å². The lowest BCUT2D eigenvalue weighted by Gasteiger charge is -2.24. The monoisotopic (exact) mass is 361 g/mol. The summed E-state index contributed by atoms with van der Waals surface area (Å²) in [6.45, 7) is 0. The van der Waals surface area contributed by atoms with Crippen molar-refractivity contribution in [1.29, 1.82) is 0 Å². The third-order valence-electron chi connectivity index (χ3n) is 6.12. The Labute approximate surface area is 158 Å². The van der Waals surface area contributed by atoms with E-state index < -0.39 is 0 Å². The van der Waals surface area contributed by atoms with Gasteiger partial charge in [-0.05, 0) is 71.7 Å². The Bertz CT molecular complexity index is 1100. The molecule has 2 aliphatic rings. The summed E-state index contributed by atoms with van der Waals surface area (Å²) in [6, 6.07) is 8.24. The maximum absolute atomic E-state index is 5.59. The lowest BCUT2D eigenvalue weighted by atomic mass is 9.81. The lowest BCUT2D eigenvalue weighted by molar-refractivity contribution is 0.356. The first kappa shape index (κ1) is 16.4. The van der Waals surface area contributed by atoms with Crippen LogP contribution in [0.25, 0.3) is 27.8 Å². The molecule has 27 heavy (non-hydrogen) atoms. The van der Waals surface area contributed by atoms with Gasteiger partial charge in [-0.15, -0.1) is 0 Å². The van der Waals surface area contributed by atoms with Gasteiger partial charge in [0.25, 0.3) is 0 Å². The van der Waals surface area contributed by atoms with Crippen molar-refractivity contribution in [1.82, 2.24) is 4.98 Å². The Kier molecular flexibility index (Phi) is 3.74. The van der Waals surface area contributed by atoms with Crippen LogP contribution in [-0.4, -0.2) is 26.3 Å². The molecule has 0 aliphatic heterocycles. The predicted octanol–water partition coefficient (Wildman–Crippen LogP) is 5.15. The van der Waals surface area contributed by atoms with Gasteiger partial charge in [-0.3, -0.25) is 0 Å². The Balaban J connectivity index is 1.93. The molecule has 138 valence electrons. The molecule has 0 spiro atoms. The van der Waals surface area contributed by atoms with E-state index in [1.165, 1.54) is 35.8 Å². The van der Waals surface area contributed by atoms with Gasteiger partial charge < -0.3 is 14.2 Å². The second-order valence-electron chi connectivity index (χ2n) is 7.41. The third kappa shape index (κ3) is 2.39. The van der Waals surface area contributed by atoms with Crippen LogP contribution in [0.4, 0.5) is 0 Å². The fourth-order valence-corrected chi connectivity index (χ4v) is 4.79. The summed E-state index contributed by atoms with van der Waals surface area (Å²) in [5.41, 5.74) is 5.25. The minimum Gasteiger partial charge on any atom is -0.493 e. The van der Waals surface area contributed by atoms with Crippen LogP contribution in [0.5, 0.6) is 17.4 Å². The summed E-state index contributed by atoms with van der Waals surface area (Å²) in [5.74, 6) is 2.82. The number of hydrogen-bond acceptors (Lipinski definition) is 4. The van der Waals surface area contributed by atoms with Crippen LogP contribution in [0, 0.1) is 5.92 Å². The van der Waals surface area contributed by atoms with Gasteiger partial charge >= 0.3 is 0 Å². The summed E-state index contributed by atoms with van der Waals surface area (Å²) in [4.78, 5) is 4.85. The van der Waals surface area contributed by atoms with Gasteiger partial charge in [0.15, 0.2) is 11.5 Å². The molecule has 1 atom stereocenters. The highest BCUT2D eigenvalue weighted by Crippen LogP contribution is 2.46. The molecule has 2 aromatic carbocycles. The van der Waals surface area contributed by atoms with E-state index >= 15 is 0 Å². The molecule has 2 aliphatic carbocycles. The molecular weight excluding hydrogens is 338 g/mol. The zero-order valence-corrected chi connectivity index (χ0v) is 16.0. The SMILES string of the molecule is COc1ccc2c(n1)c1c(c3cc(OC)c(OC)cc32)C=C2CCCC2C1. The quantitative estimate of drug-likeness (QED) is 0.605. The molecule has 5 rings (SSSR count). The van der Waals surface area contributed by atoms with Crippen LogP contribution in [0.15, 0.2) is 29.8 Å². The molecule has 1 unspecified atom stereocenters. The normalized spacial score (nSPS) is 18.2. The molecule has 1 saturated carbocycles. The first-order valence-corrected chi connectivity index (χ1v) is 9.49. The van der Waals surface area contributed by atoms with Gasteiger partial charge in [-0.1, -0.05) is 11.6 Å². The lowest BCUT2D eigenvalue weighted by Crippen LogP contribution is -2.10. The van der Waals surface area contributed by atoms with Crippen LogP contribution < -0.4 is 14.2 Å². The van der Waals surface area contributed by atoms with Crippen molar-refractivity contribution in [3.05, 3.63) is 41.0 Å². The largest absolute Gasteiger partial charge is 0.493 e. The van der Waals surface area contributed by atoms with Crippen LogP contribution >= 0.6 is 0 Å². The number of rotatable bonds is 3. The standard InChI is InChI=1S/C23H23NO3/c1-25-20-11-17-15-7-8-22(27-3)24-23(15)19-10-14-6-4-5-13(14)9-16(19)18(17)12-21(20)26-2/h7-9,11-12,14H,4-6,10H2,1-3H3. The van der Waals surface area contributed by atoms with E-state index in [-0.39, 0.29) is 0 Å². The van der Waals surface area contributed by atoms with Crippen LogP contribution in [-0.2, 0) is 6.42 Å². The van der Waals surface area contributed by atoms with Gasteiger partial charge in [0, 0.05) is 11.5 Å². The highest BCUT2D eigenvalue weighted by atomic mass is 16.5. The van der Waals surface area contributed by atoms with Crippen LogP contribution in [0.2, 0.25) is 0 Å². The zero-order chi connectivity index (χ0) is 18.5. The summed E-state index contributed by atoms with van der Waals surface area (Å²) >= 11 is 0. The number of pyridine rings is 1. The molecule has 1 fully saturated rings. The van der Waals surface area contributed by atoms with E-state index in [9.17, 15) is 0 Å². The maximum atomic E-state index is 5.59. The summed E-state index contributed by atoms with van der Waals surface area (Å²) in [6.07, 6.45) is 7.24. The molecular formula is C23H23NO3. The summed E-state index contributed by atoms with van der Waals surface area (Å²) in [7, 11) is 5.04. The van der Waals surface area contributed by atoms with E-state index in [1.54, 1.807) is 26.9 Å². The number of methoxy groups -OCH3 is 3. The van der Waals surface area contributed by atoms with Gasteiger partial charge in [0.2, 0.25) is 5.88 Å². The van der Waals surface area contributed by atoms with Crippen molar-refractivity contribution in [2.24, 2.45) is 5.92 Å². The Morgan fingerprint density at radius 2 is 1.70 bits per heavy atom. The smallest absolute Gasteiger partial charge is 0.213 e. The van der Waals surface area contributed by atoms with Gasteiger partial charge in [-0.25, -0.2) is 4.98 Å². The number of allylic oxidation sites excluding steroid dienone is 1. The van der Waals surface area contributed by atoms with E-state index in [2.05, 4.69) is 24.3 Å². The second-order valence-corrected chi connectivity index (χ2v) is 7.41. The number of fused-ring (bicyclic) bond motifs is 7. The predicted molar refractivity (Wildman–Crippen MR) is 108 cm³/mol. The molecule has 0 N–H and O–H groups in total. The third-order valence-corrected chi connectivity index (χ3v) is 6.12. The number of ether oxygens (including phenoxy) is 3. The molecule has 0 radical (unpaired) electrons. The van der Waals surface area contributed by atoms with E-state index in [1.807, 2.05) is 6.07 Å². The minimum atomic E-state index is 0.658. The van der Waals surface area contributed by atoms with Crippen molar-refractivity contribution >= 4 is 27.8 Å². The average molecular weight is 361 g/mol. The second kappa shape index (κ2) is 6.15. The van der Waals surface area contributed by atoms with Crippen LogP contribution in [0.3, 0.4) is 0 Å². The number of hydrogen-bond donors (Lipinski definition) is 0. The number of benzene rings is 2. The van der Waals surface area contributed by atoms with E-state index in [4.69, 9.17) is 19.2 Å². The number of aromatic nitrogens is 1. The highest BCUT2D eigenvalue weighted by Gasteiger charge is 2.29. The van der Waals surface area contributed by atoms with Gasteiger partial charge in [-0.2, -0.15) is 0 Å². The zero-order valence-electron chi connectivity index (χ0n) is 16.0. The molecule has 0 amide bonds. The Hall–Kier alpha value is -2.75. The molecule has 4 nitrogen and oxygen atoms in total. The van der Waals surface area contributed by atoms with E-state index in [0.717, 1.165) is 34.2 Å². The average Bonchev–Trinajstić information content (AvgIpc) is 3.18. The molecule has 4 heteroatoms. The molecule has 3 aromatic rings. The Morgan fingerprint density at radius 3 is 2.44 bits per heavy atom. The van der Waals surface area contributed by atoms with Gasteiger partial charge in [0.1, 0.15) is 0 Å². The van der Waals surface area contributed by atoms with Crippen molar-refractivity contribution in [3.8, 4) is 17.4 Å². The maximum Gasteiger partial charge on any atom is 0.213 e. The van der Waals surface area contributed by atoms with Gasteiger partial charge in [0.05, 0.1) is 26.8 Å². The van der Waals surface area contributed by atoms with Crippen molar-refractivity contribution < 1.29 is 14.2 Å². The van der Waals surface area contributed by atoms with Crippen molar-refractivity contribution in [3.63, 3.8) is 0 Å². The molecule has 1 heterocycles. The topological polar surface area (TPSA) is 40.6 Å². The summed E-state index contributed by atoms with van der Waals surface area (Å²) < 4.78 is 16.6. The molecule has 0 bridgehead atoms. The molecule has 1 aromatic heterocycles. The highest BCUT2D eigenvalue weighted by molar-refractivity contribution is 6.13. The first-order valence-electron chi connectivity index (χ1n) is 9.49. The van der Waals surface area contributed by atoms with Crippen LogP contribution in [0.1, 0.15) is 30.4 Å². The number of nitrogens with zero attached hydrogens (tertiary/aromatic N) is 1. The molecule has 0 saturated heterocycles. The van der Waals surface area contributed by atoms with E-state index in [0.29, 0.717) is 11.8 Å². The minimum absolute atomic E-state index is 0.658. The fourth-order valence-electron chi connectivity index (χ4n) is 4.79. The fraction of sp³-hybridized carbons (Fsp3) is 0.348. The first-order chi connectivity index (χ1) is 13.2. The van der Waals surface area contributed by atoms with Crippen molar-refractivity contribution in [2.75, 3.05) is 21.3 Å². The Morgan fingerprint density at radius 1 is 0.926 bits per heavy atom. The summed E-state index contributed by atoms with van der Waals surface area (Å²) in [5, 5.41) is 3.49.